The number of carbonyl (C=O) groups is 1. The molecule has 0 aromatic rings. The zero-order chi connectivity index (χ0) is 12.2. The molecule has 0 heterocycles. The van der Waals surface area contributed by atoms with E-state index >= 15 is 0 Å². The van der Waals surface area contributed by atoms with Gasteiger partial charge in [-0.2, -0.15) is 0 Å². The second kappa shape index (κ2) is 5.64. The minimum atomic E-state index is -0.804. The number of hydrogen-bond acceptors (Lipinski definition) is 3. The third-order valence-corrected chi connectivity index (χ3v) is 3.37. The van der Waals surface area contributed by atoms with Gasteiger partial charge in [-0.15, -0.1) is 0 Å². The van der Waals surface area contributed by atoms with Gasteiger partial charge in [-0.25, -0.2) is 0 Å². The van der Waals surface area contributed by atoms with Crippen LogP contribution < -0.4 is 5.32 Å². The predicted molar refractivity (Wildman–Crippen MR) is 61.9 cm³/mol. The van der Waals surface area contributed by atoms with Gasteiger partial charge in [-0.3, -0.25) is 4.79 Å². The predicted octanol–water partition coefficient (Wildman–Crippen LogP) is 0.815. The summed E-state index contributed by atoms with van der Waals surface area (Å²) in [5.41, 5.74) is -0.804. The van der Waals surface area contributed by atoms with E-state index in [0.29, 0.717) is 12.8 Å². The summed E-state index contributed by atoms with van der Waals surface area (Å²) < 4.78 is 0. The summed E-state index contributed by atoms with van der Waals surface area (Å²) in [5.74, 6) is 0.0457. The second-order valence-corrected chi connectivity index (χ2v) is 5.21. The van der Waals surface area contributed by atoms with Crippen LogP contribution in [0.1, 0.15) is 46.0 Å². The maximum absolute atomic E-state index is 11.7. The molecule has 1 saturated carbocycles. The fraction of sp³-hybridized carbons (Fsp3) is 0.917. The Hall–Kier alpha value is -0.610. The van der Waals surface area contributed by atoms with Crippen LogP contribution in [0.3, 0.4) is 0 Å². The summed E-state index contributed by atoms with van der Waals surface area (Å²) in [6, 6.07) is -0.211. The first-order valence-corrected chi connectivity index (χ1v) is 6.09. The molecule has 16 heavy (non-hydrogen) atoms. The van der Waals surface area contributed by atoms with Gasteiger partial charge in [0.15, 0.2) is 0 Å². The van der Waals surface area contributed by atoms with Crippen molar-refractivity contribution in [1.82, 2.24) is 5.32 Å². The zero-order valence-corrected chi connectivity index (χ0v) is 10.2. The number of aliphatic hydroxyl groups is 2. The SMILES string of the molecule is CC(C)[C@@H](CO)NC(=O)CC1(O)CCCC1. The lowest BCUT2D eigenvalue weighted by atomic mass is 9.97. The summed E-state index contributed by atoms with van der Waals surface area (Å²) in [7, 11) is 0. The average molecular weight is 229 g/mol. The maximum atomic E-state index is 11.7. The summed E-state index contributed by atoms with van der Waals surface area (Å²) in [4.78, 5) is 11.7. The molecule has 1 aliphatic rings. The summed E-state index contributed by atoms with van der Waals surface area (Å²) in [5, 5.41) is 21.9. The van der Waals surface area contributed by atoms with Gasteiger partial charge in [0.1, 0.15) is 0 Å². The first-order valence-electron chi connectivity index (χ1n) is 6.09. The summed E-state index contributed by atoms with van der Waals surface area (Å²) in [6.07, 6.45) is 3.59. The van der Waals surface area contributed by atoms with Gasteiger partial charge in [-0.05, 0) is 18.8 Å². The standard InChI is InChI=1S/C12H23NO3/c1-9(2)10(8-14)13-11(15)7-12(16)5-3-4-6-12/h9-10,14,16H,3-8H2,1-2H3,(H,13,15)/t10-/m1/s1. The normalized spacial score (nSPS) is 21.1. The van der Waals surface area contributed by atoms with Gasteiger partial charge in [0.25, 0.3) is 0 Å². The van der Waals surface area contributed by atoms with E-state index in [0.717, 1.165) is 12.8 Å². The van der Waals surface area contributed by atoms with E-state index in [2.05, 4.69) is 5.32 Å². The van der Waals surface area contributed by atoms with E-state index < -0.39 is 5.60 Å². The second-order valence-electron chi connectivity index (χ2n) is 5.21. The van der Waals surface area contributed by atoms with Crippen molar-refractivity contribution in [2.45, 2.75) is 57.6 Å². The quantitative estimate of drug-likeness (QED) is 0.653. The van der Waals surface area contributed by atoms with Crippen LogP contribution in [0.2, 0.25) is 0 Å². The molecule has 0 bridgehead atoms. The highest BCUT2D eigenvalue weighted by Gasteiger charge is 2.33. The van der Waals surface area contributed by atoms with Gasteiger partial charge < -0.3 is 15.5 Å². The average Bonchev–Trinajstić information content (AvgIpc) is 2.60. The summed E-state index contributed by atoms with van der Waals surface area (Å²) in [6.45, 7) is 3.85. The van der Waals surface area contributed by atoms with Crippen molar-refractivity contribution in [3.05, 3.63) is 0 Å². The van der Waals surface area contributed by atoms with E-state index in [4.69, 9.17) is 5.11 Å². The fourth-order valence-electron chi connectivity index (χ4n) is 2.19. The zero-order valence-electron chi connectivity index (χ0n) is 10.2. The molecular weight excluding hydrogens is 206 g/mol. The molecule has 4 nitrogen and oxygen atoms in total. The molecule has 1 amide bonds. The van der Waals surface area contributed by atoms with E-state index in [9.17, 15) is 9.90 Å². The van der Waals surface area contributed by atoms with Crippen LogP contribution in [0, 0.1) is 5.92 Å². The molecule has 0 saturated heterocycles. The highest BCUT2D eigenvalue weighted by atomic mass is 16.3. The Balaban J connectivity index is 2.40. The molecule has 0 spiro atoms. The molecule has 0 aromatic carbocycles. The molecule has 1 fully saturated rings. The van der Waals surface area contributed by atoms with E-state index in [1.807, 2.05) is 13.8 Å². The molecule has 0 aliphatic heterocycles. The Kier molecular flexibility index (Phi) is 4.74. The van der Waals surface area contributed by atoms with Crippen molar-refractivity contribution >= 4 is 5.91 Å². The van der Waals surface area contributed by atoms with Gasteiger partial charge >= 0.3 is 0 Å². The smallest absolute Gasteiger partial charge is 0.223 e. The van der Waals surface area contributed by atoms with E-state index in [1.165, 1.54) is 0 Å². The first kappa shape index (κ1) is 13.5. The lowest BCUT2D eigenvalue weighted by Gasteiger charge is -2.25. The van der Waals surface area contributed by atoms with Crippen molar-refractivity contribution < 1.29 is 15.0 Å². The van der Waals surface area contributed by atoms with Crippen molar-refractivity contribution in [3.8, 4) is 0 Å². The third kappa shape index (κ3) is 3.76. The number of rotatable bonds is 5. The number of amides is 1. The number of carbonyl (C=O) groups excluding carboxylic acids is 1. The molecule has 0 aromatic heterocycles. The number of aliphatic hydroxyl groups excluding tert-OH is 1. The van der Waals surface area contributed by atoms with Crippen LogP contribution in [0.4, 0.5) is 0 Å². The maximum Gasteiger partial charge on any atom is 0.223 e. The molecule has 0 unspecified atom stereocenters. The van der Waals surface area contributed by atoms with Gasteiger partial charge in [0.05, 0.1) is 24.7 Å². The minimum Gasteiger partial charge on any atom is -0.394 e. The van der Waals surface area contributed by atoms with E-state index in [1.54, 1.807) is 0 Å². The van der Waals surface area contributed by atoms with Crippen molar-refractivity contribution in [2.24, 2.45) is 5.92 Å². The Morgan fingerprint density at radius 3 is 2.38 bits per heavy atom. The monoisotopic (exact) mass is 229 g/mol. The molecular formula is C12H23NO3. The largest absolute Gasteiger partial charge is 0.394 e. The fourth-order valence-corrected chi connectivity index (χ4v) is 2.19. The van der Waals surface area contributed by atoms with Crippen LogP contribution in [0.5, 0.6) is 0 Å². The highest BCUT2D eigenvalue weighted by molar-refractivity contribution is 5.77. The molecule has 94 valence electrons. The summed E-state index contributed by atoms with van der Waals surface area (Å²) >= 11 is 0. The Morgan fingerprint density at radius 1 is 1.38 bits per heavy atom. The third-order valence-electron chi connectivity index (χ3n) is 3.37. The van der Waals surface area contributed by atoms with Crippen molar-refractivity contribution in [2.75, 3.05) is 6.61 Å². The first-order chi connectivity index (χ1) is 7.47. The van der Waals surface area contributed by atoms with Crippen LogP contribution in [0.15, 0.2) is 0 Å². The van der Waals surface area contributed by atoms with Crippen LogP contribution in [0.25, 0.3) is 0 Å². The lowest BCUT2D eigenvalue weighted by Crippen LogP contribution is -2.44. The molecule has 1 aliphatic carbocycles. The van der Waals surface area contributed by atoms with Crippen LogP contribution >= 0.6 is 0 Å². The highest BCUT2D eigenvalue weighted by Crippen LogP contribution is 2.32. The van der Waals surface area contributed by atoms with Crippen LogP contribution in [-0.2, 0) is 4.79 Å². The molecule has 1 rings (SSSR count). The van der Waals surface area contributed by atoms with Crippen LogP contribution in [-0.4, -0.2) is 34.4 Å². The molecule has 1 atom stereocenters. The van der Waals surface area contributed by atoms with E-state index in [-0.39, 0.29) is 30.9 Å². The number of nitrogens with one attached hydrogen (secondary N) is 1. The Morgan fingerprint density at radius 2 is 1.94 bits per heavy atom. The molecule has 3 N–H and O–H groups in total. The van der Waals surface area contributed by atoms with Gasteiger partial charge in [0, 0.05) is 0 Å². The number of hydrogen-bond donors (Lipinski definition) is 3. The minimum absolute atomic E-state index is 0.0537. The van der Waals surface area contributed by atoms with Crippen molar-refractivity contribution in [3.63, 3.8) is 0 Å². The molecule has 4 heteroatoms. The lowest BCUT2D eigenvalue weighted by molar-refractivity contribution is -0.127. The van der Waals surface area contributed by atoms with Gasteiger partial charge in [0.2, 0.25) is 5.91 Å². The Labute approximate surface area is 97.0 Å². The topological polar surface area (TPSA) is 69.6 Å². The van der Waals surface area contributed by atoms with Crippen molar-refractivity contribution in [1.29, 1.82) is 0 Å². The van der Waals surface area contributed by atoms with Gasteiger partial charge in [-0.1, -0.05) is 26.7 Å². The molecule has 0 radical (unpaired) electrons. The Bertz CT molecular complexity index is 234.